The molecular weight excluding hydrogens is 252 g/mol. The first kappa shape index (κ1) is 14.6. The minimum absolute atomic E-state index is 0.195. The summed E-state index contributed by atoms with van der Waals surface area (Å²) in [5, 5.41) is 20.2. The van der Waals surface area contributed by atoms with Crippen molar-refractivity contribution in [3.05, 3.63) is 34.9 Å². The number of hydrogen-bond donors (Lipinski definition) is 1. The molecule has 0 aromatic carbocycles. The molecule has 108 valence electrons. The fourth-order valence-electron chi connectivity index (χ4n) is 2.35. The van der Waals surface area contributed by atoms with Crippen molar-refractivity contribution in [2.75, 3.05) is 6.54 Å². The highest BCUT2D eigenvalue weighted by molar-refractivity contribution is 5.26. The van der Waals surface area contributed by atoms with E-state index in [0.29, 0.717) is 0 Å². The Labute approximate surface area is 119 Å². The molecule has 1 unspecified atom stereocenters. The molecule has 2 aromatic heterocycles. The fourth-order valence-corrected chi connectivity index (χ4v) is 2.35. The Morgan fingerprint density at radius 3 is 2.65 bits per heavy atom. The molecule has 20 heavy (non-hydrogen) atoms. The van der Waals surface area contributed by atoms with Crippen LogP contribution in [0.4, 0.5) is 0 Å². The van der Waals surface area contributed by atoms with Gasteiger partial charge in [0.2, 0.25) is 0 Å². The van der Waals surface area contributed by atoms with Crippen molar-refractivity contribution in [1.82, 2.24) is 30.5 Å². The second kappa shape index (κ2) is 6.56. The maximum Gasteiger partial charge on any atom is 0.0845 e. The van der Waals surface area contributed by atoms with Crippen LogP contribution in [0.25, 0.3) is 0 Å². The van der Waals surface area contributed by atoms with E-state index in [1.165, 1.54) is 5.56 Å². The summed E-state index contributed by atoms with van der Waals surface area (Å²) in [4.78, 5) is 0. The van der Waals surface area contributed by atoms with Gasteiger partial charge in [0.05, 0.1) is 17.1 Å². The lowest BCUT2D eigenvalue weighted by Gasteiger charge is -2.19. The Kier molecular flexibility index (Phi) is 4.79. The van der Waals surface area contributed by atoms with Crippen LogP contribution >= 0.6 is 0 Å². The standard InChI is InChI=1S/C14H22N6/c1-5-13-12(7-10(3)16-18-13)14(15-6-2)8-11-9-20(4)19-17-11/h7,9,14-15H,5-6,8H2,1-4H3. The van der Waals surface area contributed by atoms with Crippen molar-refractivity contribution in [2.24, 2.45) is 7.05 Å². The minimum Gasteiger partial charge on any atom is -0.310 e. The zero-order chi connectivity index (χ0) is 14.5. The average molecular weight is 274 g/mol. The van der Waals surface area contributed by atoms with Crippen LogP contribution < -0.4 is 5.32 Å². The second-order valence-corrected chi connectivity index (χ2v) is 4.94. The number of likely N-dealkylation sites (N-methyl/N-ethyl adjacent to an activating group) is 1. The van der Waals surface area contributed by atoms with E-state index in [1.807, 2.05) is 20.2 Å². The Morgan fingerprint density at radius 2 is 2.05 bits per heavy atom. The average Bonchev–Trinajstić information content (AvgIpc) is 2.84. The number of nitrogens with zero attached hydrogens (tertiary/aromatic N) is 5. The van der Waals surface area contributed by atoms with E-state index in [4.69, 9.17) is 0 Å². The summed E-state index contributed by atoms with van der Waals surface area (Å²) < 4.78 is 1.73. The number of rotatable bonds is 6. The highest BCUT2D eigenvalue weighted by atomic mass is 15.4. The molecule has 0 aliphatic heterocycles. The molecule has 2 rings (SSSR count). The molecule has 6 nitrogen and oxygen atoms in total. The monoisotopic (exact) mass is 274 g/mol. The first-order valence-corrected chi connectivity index (χ1v) is 7.05. The SMILES string of the molecule is CCNC(Cc1cn(C)nn1)c1cc(C)nnc1CC. The highest BCUT2D eigenvalue weighted by Crippen LogP contribution is 2.21. The number of nitrogens with one attached hydrogen (secondary N) is 1. The summed E-state index contributed by atoms with van der Waals surface area (Å²) in [6, 6.07) is 2.32. The molecule has 0 fully saturated rings. The van der Waals surface area contributed by atoms with Crippen molar-refractivity contribution >= 4 is 0 Å². The Balaban J connectivity index is 2.30. The van der Waals surface area contributed by atoms with Crippen molar-refractivity contribution < 1.29 is 0 Å². The van der Waals surface area contributed by atoms with Crippen LogP contribution in [-0.4, -0.2) is 31.7 Å². The molecule has 1 N–H and O–H groups in total. The van der Waals surface area contributed by atoms with Gasteiger partial charge in [-0.2, -0.15) is 10.2 Å². The summed E-state index contributed by atoms with van der Waals surface area (Å²) in [6.45, 7) is 7.08. The van der Waals surface area contributed by atoms with Crippen LogP contribution in [-0.2, 0) is 19.9 Å². The lowest BCUT2D eigenvalue weighted by Crippen LogP contribution is -2.25. The molecule has 0 aliphatic carbocycles. The van der Waals surface area contributed by atoms with Crippen LogP contribution in [0.1, 0.15) is 42.5 Å². The zero-order valence-electron chi connectivity index (χ0n) is 12.6. The van der Waals surface area contributed by atoms with Gasteiger partial charge in [-0.15, -0.1) is 5.10 Å². The molecule has 0 aliphatic rings. The van der Waals surface area contributed by atoms with Crippen molar-refractivity contribution in [3.8, 4) is 0 Å². The summed E-state index contributed by atoms with van der Waals surface area (Å²) in [6.07, 6.45) is 3.64. The van der Waals surface area contributed by atoms with Gasteiger partial charge >= 0.3 is 0 Å². The van der Waals surface area contributed by atoms with Gasteiger partial charge < -0.3 is 5.32 Å². The minimum atomic E-state index is 0.195. The van der Waals surface area contributed by atoms with Crippen LogP contribution in [0.15, 0.2) is 12.3 Å². The molecule has 0 saturated heterocycles. The molecule has 2 heterocycles. The van der Waals surface area contributed by atoms with E-state index in [0.717, 1.165) is 36.5 Å². The number of hydrogen-bond acceptors (Lipinski definition) is 5. The Bertz CT molecular complexity index is 563. The summed E-state index contributed by atoms with van der Waals surface area (Å²) >= 11 is 0. The molecule has 0 spiro atoms. The third-order valence-corrected chi connectivity index (χ3v) is 3.25. The van der Waals surface area contributed by atoms with Gasteiger partial charge in [-0.1, -0.05) is 19.1 Å². The number of aromatic nitrogens is 5. The normalized spacial score (nSPS) is 12.6. The van der Waals surface area contributed by atoms with Crippen LogP contribution in [0.2, 0.25) is 0 Å². The van der Waals surface area contributed by atoms with Gasteiger partial charge in [0.15, 0.2) is 0 Å². The molecular formula is C14H22N6. The van der Waals surface area contributed by atoms with Crippen LogP contribution in [0, 0.1) is 6.92 Å². The smallest absolute Gasteiger partial charge is 0.0845 e. The molecule has 0 bridgehead atoms. The van der Waals surface area contributed by atoms with E-state index in [-0.39, 0.29) is 6.04 Å². The zero-order valence-corrected chi connectivity index (χ0v) is 12.6. The van der Waals surface area contributed by atoms with E-state index in [9.17, 15) is 0 Å². The van der Waals surface area contributed by atoms with Crippen molar-refractivity contribution in [2.45, 2.75) is 39.7 Å². The highest BCUT2D eigenvalue weighted by Gasteiger charge is 2.17. The van der Waals surface area contributed by atoms with E-state index >= 15 is 0 Å². The first-order chi connectivity index (χ1) is 9.63. The molecule has 0 radical (unpaired) electrons. The van der Waals surface area contributed by atoms with Gasteiger partial charge in [0.1, 0.15) is 0 Å². The van der Waals surface area contributed by atoms with Gasteiger partial charge in [-0.05, 0) is 31.5 Å². The molecule has 6 heteroatoms. The number of aryl methyl sites for hydroxylation is 3. The van der Waals surface area contributed by atoms with Gasteiger partial charge in [-0.25, -0.2) is 0 Å². The summed E-state index contributed by atoms with van der Waals surface area (Å²) in [5.41, 5.74) is 4.19. The molecule has 0 amide bonds. The maximum atomic E-state index is 4.32. The molecule has 2 aromatic rings. The summed E-state index contributed by atoms with van der Waals surface area (Å²) in [5.74, 6) is 0. The summed E-state index contributed by atoms with van der Waals surface area (Å²) in [7, 11) is 1.88. The quantitative estimate of drug-likeness (QED) is 0.861. The van der Waals surface area contributed by atoms with Gasteiger partial charge in [0, 0.05) is 25.7 Å². The largest absolute Gasteiger partial charge is 0.310 e. The molecule has 1 atom stereocenters. The molecule has 0 saturated carbocycles. The fraction of sp³-hybridized carbons (Fsp3) is 0.571. The predicted molar refractivity (Wildman–Crippen MR) is 77.3 cm³/mol. The topological polar surface area (TPSA) is 68.5 Å². The van der Waals surface area contributed by atoms with E-state index < -0.39 is 0 Å². The van der Waals surface area contributed by atoms with Crippen molar-refractivity contribution in [1.29, 1.82) is 0 Å². The third kappa shape index (κ3) is 3.39. The predicted octanol–water partition coefficient (Wildman–Crippen LogP) is 1.37. The maximum absolute atomic E-state index is 4.32. The lowest BCUT2D eigenvalue weighted by atomic mass is 9.99. The van der Waals surface area contributed by atoms with E-state index in [1.54, 1.807) is 4.68 Å². The van der Waals surface area contributed by atoms with E-state index in [2.05, 4.69) is 45.7 Å². The first-order valence-electron chi connectivity index (χ1n) is 7.05. The van der Waals surface area contributed by atoms with Gasteiger partial charge in [0.25, 0.3) is 0 Å². The van der Waals surface area contributed by atoms with Crippen LogP contribution in [0.3, 0.4) is 0 Å². The van der Waals surface area contributed by atoms with Crippen molar-refractivity contribution in [3.63, 3.8) is 0 Å². The van der Waals surface area contributed by atoms with Crippen LogP contribution in [0.5, 0.6) is 0 Å². The Hall–Kier alpha value is -1.82. The second-order valence-electron chi connectivity index (χ2n) is 4.94. The van der Waals surface area contributed by atoms with Gasteiger partial charge in [-0.3, -0.25) is 4.68 Å². The lowest BCUT2D eigenvalue weighted by molar-refractivity contribution is 0.534. The third-order valence-electron chi connectivity index (χ3n) is 3.25. The Morgan fingerprint density at radius 1 is 1.25 bits per heavy atom.